The van der Waals surface area contributed by atoms with Gasteiger partial charge in [0.2, 0.25) is 0 Å². The molecule has 52 heavy (non-hydrogen) atoms. The van der Waals surface area contributed by atoms with E-state index >= 15 is 0 Å². The van der Waals surface area contributed by atoms with Crippen LogP contribution in [0.4, 0.5) is 9.59 Å². The third-order valence-electron chi connectivity index (χ3n) is 7.13. The molecule has 0 saturated carbocycles. The van der Waals surface area contributed by atoms with Gasteiger partial charge in [0.1, 0.15) is 35.2 Å². The van der Waals surface area contributed by atoms with Crippen molar-refractivity contribution in [3.05, 3.63) is 120 Å². The van der Waals surface area contributed by atoms with Crippen LogP contribution in [0.15, 0.2) is 98.1 Å². The summed E-state index contributed by atoms with van der Waals surface area (Å²) in [6.45, 7) is 7.05. The van der Waals surface area contributed by atoms with E-state index in [9.17, 15) is 39.6 Å². The minimum Gasteiger partial charge on any atom is -0.509 e. The highest BCUT2D eigenvalue weighted by molar-refractivity contribution is 5.81. The first-order valence-electron chi connectivity index (χ1n) is 16.1. The Morgan fingerprint density at radius 3 is 1.13 bits per heavy atom. The SMILES string of the molecule is C=CC(=O)OCCCCOC(=O)Oc1ccc(C(O)C(O)=c2ccc(=C(O)C(O)c3ccc(OC(=O)OCCCCOC(=O)C=C)cc3)cc2)cc1. The predicted octanol–water partition coefficient (Wildman–Crippen LogP) is 4.54. The summed E-state index contributed by atoms with van der Waals surface area (Å²) in [6.07, 6.45) is -0.746. The van der Waals surface area contributed by atoms with Gasteiger partial charge < -0.3 is 48.8 Å². The number of carbonyl (C=O) groups is 4. The molecule has 3 aromatic rings. The van der Waals surface area contributed by atoms with Crippen molar-refractivity contribution in [1.82, 2.24) is 0 Å². The maximum absolute atomic E-state index is 11.9. The zero-order valence-corrected chi connectivity index (χ0v) is 28.2. The summed E-state index contributed by atoms with van der Waals surface area (Å²) < 4.78 is 29.8. The van der Waals surface area contributed by atoms with Crippen LogP contribution in [0, 0.1) is 0 Å². The van der Waals surface area contributed by atoms with E-state index in [-0.39, 0.29) is 59.9 Å². The number of hydrogen-bond acceptors (Lipinski definition) is 14. The minimum atomic E-state index is -1.43. The van der Waals surface area contributed by atoms with Crippen LogP contribution in [-0.4, -0.2) is 71.1 Å². The molecular formula is C38H40O14. The normalized spacial score (nSPS) is 11.6. The molecule has 0 amide bonds. The number of unbranched alkanes of at least 4 members (excludes halogenated alkanes) is 2. The molecule has 0 saturated heterocycles. The average Bonchev–Trinajstić information content (AvgIpc) is 3.16. The maximum atomic E-state index is 11.9. The lowest BCUT2D eigenvalue weighted by molar-refractivity contribution is -0.138. The standard InChI is InChI=1S/C38H40O14/c1-3-31(39)47-21-5-7-23-49-37(45)51-29-17-13-27(14-18-29)35(43)33(41)25-9-11-26(12-10-25)34(42)36(44)28-15-19-30(20-16-28)52-38(46)50-24-8-6-22-48-32(40)4-2/h3-4,9-20,35-36,41-44H,1-2,5-8,21-24H2. The second kappa shape index (κ2) is 21.2. The van der Waals surface area contributed by atoms with Crippen molar-refractivity contribution in [3.63, 3.8) is 0 Å². The van der Waals surface area contributed by atoms with E-state index in [1.54, 1.807) is 0 Å². The molecule has 276 valence electrons. The molecule has 0 spiro atoms. The number of aliphatic hydroxyl groups is 4. The Kier molecular flexibility index (Phi) is 16.4. The molecule has 3 aromatic carbocycles. The fourth-order valence-electron chi connectivity index (χ4n) is 4.31. The maximum Gasteiger partial charge on any atom is 0.513 e. The Bertz CT molecular complexity index is 1640. The molecule has 2 atom stereocenters. The summed E-state index contributed by atoms with van der Waals surface area (Å²) in [5, 5.41) is 43.4. The number of carbonyl (C=O) groups excluding carboxylic acids is 4. The summed E-state index contributed by atoms with van der Waals surface area (Å²) in [6, 6.07) is 17.3. The molecule has 0 aromatic heterocycles. The summed E-state index contributed by atoms with van der Waals surface area (Å²) in [7, 11) is 0. The van der Waals surface area contributed by atoms with E-state index in [1.165, 1.54) is 72.8 Å². The van der Waals surface area contributed by atoms with Crippen molar-refractivity contribution in [2.24, 2.45) is 0 Å². The van der Waals surface area contributed by atoms with Gasteiger partial charge in [0.25, 0.3) is 0 Å². The summed E-state index contributed by atoms with van der Waals surface area (Å²) >= 11 is 0. The van der Waals surface area contributed by atoms with Gasteiger partial charge in [0.15, 0.2) is 0 Å². The van der Waals surface area contributed by atoms with Crippen molar-refractivity contribution in [1.29, 1.82) is 0 Å². The quantitative estimate of drug-likeness (QED) is 0.0469. The number of ether oxygens (including phenoxy) is 6. The highest BCUT2D eigenvalue weighted by Gasteiger charge is 2.17. The highest BCUT2D eigenvalue weighted by atomic mass is 16.7. The molecule has 0 aliphatic rings. The number of esters is 2. The second-order valence-electron chi connectivity index (χ2n) is 10.8. The third-order valence-corrected chi connectivity index (χ3v) is 7.13. The van der Waals surface area contributed by atoms with Gasteiger partial charge in [-0.05, 0) is 61.1 Å². The average molecular weight is 721 g/mol. The largest absolute Gasteiger partial charge is 0.513 e. The molecule has 3 rings (SSSR count). The first-order valence-corrected chi connectivity index (χ1v) is 16.1. The Hall–Kier alpha value is -6.12. The lowest BCUT2D eigenvalue weighted by Crippen LogP contribution is -2.18. The van der Waals surface area contributed by atoms with Crippen LogP contribution in [0.5, 0.6) is 11.5 Å². The first kappa shape index (κ1) is 40.3. The van der Waals surface area contributed by atoms with E-state index < -0.39 is 36.5 Å². The lowest BCUT2D eigenvalue weighted by atomic mass is 10.0. The van der Waals surface area contributed by atoms with Crippen molar-refractivity contribution < 1.29 is 68.0 Å². The van der Waals surface area contributed by atoms with Crippen LogP contribution in [0.3, 0.4) is 0 Å². The molecule has 0 aliphatic carbocycles. The lowest BCUT2D eigenvalue weighted by Gasteiger charge is -2.12. The molecule has 14 heteroatoms. The Morgan fingerprint density at radius 1 is 0.519 bits per heavy atom. The fourth-order valence-corrected chi connectivity index (χ4v) is 4.31. The molecule has 0 bridgehead atoms. The van der Waals surface area contributed by atoms with Crippen LogP contribution in [0.2, 0.25) is 0 Å². The van der Waals surface area contributed by atoms with Gasteiger partial charge in [-0.3, -0.25) is 0 Å². The molecule has 14 nitrogen and oxygen atoms in total. The molecule has 0 radical (unpaired) electrons. The van der Waals surface area contributed by atoms with Crippen molar-refractivity contribution >= 4 is 35.8 Å². The van der Waals surface area contributed by atoms with Crippen LogP contribution in [-0.2, 0) is 28.5 Å². The topological polar surface area (TPSA) is 205 Å². The van der Waals surface area contributed by atoms with Gasteiger partial charge >= 0.3 is 24.2 Å². The van der Waals surface area contributed by atoms with Gasteiger partial charge in [0.05, 0.1) is 26.4 Å². The first-order chi connectivity index (χ1) is 25.0. The number of rotatable bonds is 18. The van der Waals surface area contributed by atoms with Gasteiger partial charge in [-0.1, -0.05) is 61.7 Å². The molecule has 4 N–H and O–H groups in total. The van der Waals surface area contributed by atoms with Crippen molar-refractivity contribution in [2.45, 2.75) is 37.9 Å². The van der Waals surface area contributed by atoms with Gasteiger partial charge in [-0.2, -0.15) is 0 Å². The Balaban J connectivity index is 1.51. The van der Waals surface area contributed by atoms with Crippen molar-refractivity contribution in [2.75, 3.05) is 26.4 Å². The highest BCUT2D eigenvalue weighted by Crippen LogP contribution is 2.24. The van der Waals surface area contributed by atoms with E-state index in [0.29, 0.717) is 36.8 Å². The number of aliphatic hydroxyl groups excluding tert-OH is 4. The van der Waals surface area contributed by atoms with Crippen LogP contribution < -0.4 is 19.9 Å². The Labute approximate surface area is 299 Å². The van der Waals surface area contributed by atoms with Crippen LogP contribution >= 0.6 is 0 Å². The van der Waals surface area contributed by atoms with Crippen LogP contribution in [0.1, 0.15) is 49.0 Å². The monoisotopic (exact) mass is 720 g/mol. The van der Waals surface area contributed by atoms with Gasteiger partial charge in [-0.15, -0.1) is 0 Å². The molecular weight excluding hydrogens is 680 g/mol. The van der Waals surface area contributed by atoms with Crippen LogP contribution in [0.25, 0.3) is 11.5 Å². The second-order valence-corrected chi connectivity index (χ2v) is 10.8. The van der Waals surface area contributed by atoms with Gasteiger partial charge in [0, 0.05) is 22.6 Å². The third kappa shape index (κ3) is 13.3. The molecule has 0 aliphatic heterocycles. The van der Waals surface area contributed by atoms with Crippen molar-refractivity contribution in [3.8, 4) is 11.5 Å². The van der Waals surface area contributed by atoms with E-state index in [0.717, 1.165) is 12.2 Å². The Morgan fingerprint density at radius 2 is 0.827 bits per heavy atom. The molecule has 2 unspecified atom stereocenters. The predicted molar refractivity (Wildman–Crippen MR) is 185 cm³/mol. The number of hydrogen-bond donors (Lipinski definition) is 4. The number of benzene rings is 3. The molecule has 0 fully saturated rings. The van der Waals surface area contributed by atoms with E-state index in [4.69, 9.17) is 28.4 Å². The zero-order chi connectivity index (χ0) is 37.9. The zero-order valence-electron chi connectivity index (χ0n) is 28.2. The molecule has 0 heterocycles. The van der Waals surface area contributed by atoms with E-state index in [1.807, 2.05) is 0 Å². The van der Waals surface area contributed by atoms with E-state index in [2.05, 4.69) is 13.2 Å². The fraction of sp³-hybridized carbons (Fsp3) is 0.263. The summed E-state index contributed by atoms with van der Waals surface area (Å²) in [5.41, 5.74) is 0.594. The summed E-state index contributed by atoms with van der Waals surface area (Å²) in [4.78, 5) is 45.8. The smallest absolute Gasteiger partial charge is 0.509 e. The minimum absolute atomic E-state index is 0.0577. The summed E-state index contributed by atoms with van der Waals surface area (Å²) in [5.74, 6) is -1.54. The van der Waals surface area contributed by atoms with Gasteiger partial charge in [-0.25, -0.2) is 19.2 Å².